The Morgan fingerprint density at radius 1 is 1.43 bits per heavy atom. The SMILES string of the molecule is CC(C)(O)CCNCCn1ccnn1. The molecule has 0 atom stereocenters. The fourth-order valence-corrected chi connectivity index (χ4v) is 1.06. The Balaban J connectivity index is 2.00. The Morgan fingerprint density at radius 3 is 2.79 bits per heavy atom. The van der Waals surface area contributed by atoms with Crippen molar-refractivity contribution in [1.29, 1.82) is 0 Å². The first-order chi connectivity index (χ1) is 6.58. The molecule has 0 saturated heterocycles. The van der Waals surface area contributed by atoms with Crippen LogP contribution in [-0.4, -0.2) is 38.8 Å². The van der Waals surface area contributed by atoms with E-state index in [-0.39, 0.29) is 0 Å². The highest BCUT2D eigenvalue weighted by atomic mass is 16.3. The van der Waals surface area contributed by atoms with Gasteiger partial charge in [-0.3, -0.25) is 4.68 Å². The molecule has 14 heavy (non-hydrogen) atoms. The fourth-order valence-electron chi connectivity index (χ4n) is 1.06. The lowest BCUT2D eigenvalue weighted by molar-refractivity contribution is 0.0712. The lowest BCUT2D eigenvalue weighted by atomic mass is 10.1. The second-order valence-electron chi connectivity index (χ2n) is 3.98. The molecule has 80 valence electrons. The van der Waals surface area contributed by atoms with Crippen LogP contribution < -0.4 is 5.32 Å². The van der Waals surface area contributed by atoms with Crippen molar-refractivity contribution in [1.82, 2.24) is 20.3 Å². The predicted molar refractivity (Wildman–Crippen MR) is 53.8 cm³/mol. The van der Waals surface area contributed by atoms with Gasteiger partial charge in [0.25, 0.3) is 0 Å². The summed E-state index contributed by atoms with van der Waals surface area (Å²) < 4.78 is 1.77. The molecule has 0 radical (unpaired) electrons. The van der Waals surface area contributed by atoms with Gasteiger partial charge in [-0.1, -0.05) is 5.21 Å². The molecule has 0 aromatic carbocycles. The molecule has 0 bridgehead atoms. The van der Waals surface area contributed by atoms with Gasteiger partial charge >= 0.3 is 0 Å². The number of aliphatic hydroxyl groups is 1. The van der Waals surface area contributed by atoms with Gasteiger partial charge in [0.15, 0.2) is 0 Å². The summed E-state index contributed by atoms with van der Waals surface area (Å²) in [5.74, 6) is 0. The molecule has 0 aliphatic rings. The first kappa shape index (κ1) is 11.1. The van der Waals surface area contributed by atoms with Crippen LogP contribution in [0.3, 0.4) is 0 Å². The minimum atomic E-state index is -0.583. The van der Waals surface area contributed by atoms with Crippen LogP contribution in [0.15, 0.2) is 12.4 Å². The molecule has 0 aliphatic heterocycles. The van der Waals surface area contributed by atoms with Gasteiger partial charge in [-0.25, -0.2) is 0 Å². The average molecular weight is 198 g/mol. The molecule has 0 aliphatic carbocycles. The average Bonchev–Trinajstić information content (AvgIpc) is 2.54. The second-order valence-corrected chi connectivity index (χ2v) is 3.98. The summed E-state index contributed by atoms with van der Waals surface area (Å²) in [5.41, 5.74) is -0.583. The van der Waals surface area contributed by atoms with Crippen LogP contribution in [0.1, 0.15) is 20.3 Å². The highest BCUT2D eigenvalue weighted by Crippen LogP contribution is 2.04. The highest BCUT2D eigenvalue weighted by molar-refractivity contribution is 4.67. The van der Waals surface area contributed by atoms with Gasteiger partial charge in [0.1, 0.15) is 0 Å². The van der Waals surface area contributed by atoms with Crippen LogP contribution >= 0.6 is 0 Å². The van der Waals surface area contributed by atoms with E-state index in [1.807, 2.05) is 20.0 Å². The molecule has 0 spiro atoms. The van der Waals surface area contributed by atoms with Crippen molar-refractivity contribution in [2.45, 2.75) is 32.4 Å². The van der Waals surface area contributed by atoms with Crippen LogP contribution in [0.25, 0.3) is 0 Å². The van der Waals surface area contributed by atoms with E-state index >= 15 is 0 Å². The van der Waals surface area contributed by atoms with E-state index in [9.17, 15) is 5.11 Å². The van der Waals surface area contributed by atoms with Crippen LogP contribution in [0, 0.1) is 0 Å². The minimum Gasteiger partial charge on any atom is -0.390 e. The van der Waals surface area contributed by atoms with E-state index in [1.54, 1.807) is 10.9 Å². The summed E-state index contributed by atoms with van der Waals surface area (Å²) in [6.07, 6.45) is 4.25. The standard InChI is InChI=1S/C9H18N4O/c1-9(2,14)3-4-10-5-7-13-8-6-11-12-13/h6,8,10,14H,3-5,7H2,1-2H3. The molecule has 0 fully saturated rings. The zero-order valence-corrected chi connectivity index (χ0v) is 8.77. The van der Waals surface area contributed by atoms with E-state index in [0.29, 0.717) is 0 Å². The van der Waals surface area contributed by atoms with Gasteiger partial charge in [-0.15, -0.1) is 5.10 Å². The molecule has 1 heterocycles. The number of hydrogen-bond acceptors (Lipinski definition) is 4. The maximum Gasteiger partial charge on any atom is 0.0692 e. The van der Waals surface area contributed by atoms with E-state index in [1.165, 1.54) is 0 Å². The van der Waals surface area contributed by atoms with Crippen molar-refractivity contribution in [3.05, 3.63) is 12.4 Å². The van der Waals surface area contributed by atoms with Crippen molar-refractivity contribution in [3.63, 3.8) is 0 Å². The van der Waals surface area contributed by atoms with Gasteiger partial charge in [0.05, 0.1) is 18.3 Å². The highest BCUT2D eigenvalue weighted by Gasteiger charge is 2.10. The van der Waals surface area contributed by atoms with Crippen LogP contribution in [-0.2, 0) is 6.54 Å². The van der Waals surface area contributed by atoms with Crippen molar-refractivity contribution >= 4 is 0 Å². The first-order valence-corrected chi connectivity index (χ1v) is 4.85. The lowest BCUT2D eigenvalue weighted by Gasteiger charge is -2.16. The Bertz CT molecular complexity index is 240. The van der Waals surface area contributed by atoms with Gasteiger partial charge in [-0.2, -0.15) is 0 Å². The molecule has 1 aromatic rings. The summed E-state index contributed by atoms with van der Waals surface area (Å²) in [4.78, 5) is 0. The van der Waals surface area contributed by atoms with Gasteiger partial charge in [-0.05, 0) is 26.8 Å². The molecule has 5 heteroatoms. The van der Waals surface area contributed by atoms with Crippen molar-refractivity contribution < 1.29 is 5.11 Å². The molecule has 1 rings (SSSR count). The summed E-state index contributed by atoms with van der Waals surface area (Å²) in [6.45, 7) is 6.10. The van der Waals surface area contributed by atoms with Gasteiger partial charge in [0.2, 0.25) is 0 Å². The third-order valence-electron chi connectivity index (χ3n) is 1.90. The Kier molecular flexibility index (Phi) is 4.03. The Morgan fingerprint density at radius 2 is 2.21 bits per heavy atom. The van der Waals surface area contributed by atoms with Crippen molar-refractivity contribution in [2.75, 3.05) is 13.1 Å². The third kappa shape index (κ3) is 4.94. The van der Waals surface area contributed by atoms with E-state index in [0.717, 1.165) is 26.1 Å². The molecule has 0 unspecified atom stereocenters. The van der Waals surface area contributed by atoms with E-state index in [2.05, 4.69) is 15.6 Å². The molecule has 0 amide bonds. The van der Waals surface area contributed by atoms with Crippen LogP contribution in [0.4, 0.5) is 0 Å². The molecule has 5 nitrogen and oxygen atoms in total. The summed E-state index contributed by atoms with van der Waals surface area (Å²) in [5, 5.41) is 20.2. The zero-order valence-electron chi connectivity index (χ0n) is 8.77. The van der Waals surface area contributed by atoms with Crippen molar-refractivity contribution in [2.24, 2.45) is 0 Å². The Hall–Kier alpha value is -0.940. The lowest BCUT2D eigenvalue weighted by Crippen LogP contribution is -2.28. The maximum atomic E-state index is 9.43. The normalized spacial score (nSPS) is 11.9. The topological polar surface area (TPSA) is 63.0 Å². The monoisotopic (exact) mass is 198 g/mol. The minimum absolute atomic E-state index is 0.583. The van der Waals surface area contributed by atoms with Crippen LogP contribution in [0.5, 0.6) is 0 Å². The number of nitrogens with zero attached hydrogens (tertiary/aromatic N) is 3. The second kappa shape index (κ2) is 5.07. The molecule has 0 saturated carbocycles. The predicted octanol–water partition coefficient (Wildman–Crippen LogP) is 0.0287. The largest absolute Gasteiger partial charge is 0.390 e. The summed E-state index contributed by atoms with van der Waals surface area (Å²) in [7, 11) is 0. The van der Waals surface area contributed by atoms with Gasteiger partial charge in [0, 0.05) is 12.7 Å². The number of hydrogen-bond donors (Lipinski definition) is 2. The van der Waals surface area contributed by atoms with E-state index in [4.69, 9.17) is 0 Å². The summed E-state index contributed by atoms with van der Waals surface area (Å²) >= 11 is 0. The molecule has 1 aromatic heterocycles. The smallest absolute Gasteiger partial charge is 0.0692 e. The number of nitrogens with one attached hydrogen (secondary N) is 1. The fraction of sp³-hybridized carbons (Fsp3) is 0.778. The third-order valence-corrected chi connectivity index (χ3v) is 1.90. The first-order valence-electron chi connectivity index (χ1n) is 4.85. The molecule has 2 N–H and O–H groups in total. The molecular formula is C9H18N4O. The maximum absolute atomic E-state index is 9.43. The Labute approximate surface area is 84.1 Å². The van der Waals surface area contributed by atoms with Crippen molar-refractivity contribution in [3.8, 4) is 0 Å². The number of aromatic nitrogens is 3. The molecular weight excluding hydrogens is 180 g/mol. The number of rotatable bonds is 6. The van der Waals surface area contributed by atoms with Crippen LogP contribution in [0.2, 0.25) is 0 Å². The quantitative estimate of drug-likeness (QED) is 0.633. The van der Waals surface area contributed by atoms with E-state index < -0.39 is 5.60 Å². The zero-order chi connectivity index (χ0) is 10.4. The summed E-state index contributed by atoms with van der Waals surface area (Å²) in [6, 6.07) is 0. The van der Waals surface area contributed by atoms with Gasteiger partial charge < -0.3 is 10.4 Å².